The van der Waals surface area contributed by atoms with Crippen LogP contribution in [0.5, 0.6) is 0 Å². The van der Waals surface area contributed by atoms with E-state index in [1.54, 1.807) is 18.2 Å². The highest BCUT2D eigenvalue weighted by Crippen LogP contribution is 2.21. The lowest BCUT2D eigenvalue weighted by Crippen LogP contribution is -2.15. The monoisotopic (exact) mass is 326 g/mol. The Morgan fingerprint density at radius 2 is 2.05 bits per heavy atom. The van der Waals surface area contributed by atoms with Gasteiger partial charge in [0.2, 0.25) is 5.95 Å². The van der Waals surface area contributed by atoms with Gasteiger partial charge in [-0.05, 0) is 36.8 Å². The maximum atomic E-state index is 13.4. The van der Waals surface area contributed by atoms with Gasteiger partial charge in [-0.25, -0.2) is 9.37 Å². The number of aromatic nitrogens is 1. The number of nitrogens with zero attached hydrogens (tertiary/aromatic N) is 1. The first-order valence-electron chi connectivity index (χ1n) is 5.36. The molecule has 0 aliphatic rings. The van der Waals surface area contributed by atoms with Crippen molar-refractivity contribution in [2.45, 2.75) is 6.92 Å². The van der Waals surface area contributed by atoms with Gasteiger partial charge in [0.15, 0.2) is 5.82 Å². The predicted molar refractivity (Wildman–Crippen MR) is 71.0 cm³/mol. The van der Waals surface area contributed by atoms with Gasteiger partial charge >= 0.3 is 0 Å². The summed E-state index contributed by atoms with van der Waals surface area (Å²) in [5, 5.41) is 2.50. The molecule has 1 aromatic carbocycles. The van der Waals surface area contributed by atoms with Gasteiger partial charge in [0.25, 0.3) is 5.91 Å². The lowest BCUT2D eigenvalue weighted by Gasteiger charge is -2.07. The smallest absolute Gasteiger partial charge is 0.258 e. The van der Waals surface area contributed by atoms with Crippen molar-refractivity contribution < 1.29 is 13.6 Å². The average molecular weight is 327 g/mol. The maximum absolute atomic E-state index is 13.4. The Kier molecular flexibility index (Phi) is 3.90. The predicted octanol–water partition coefficient (Wildman–Crippen LogP) is 3.68. The number of benzene rings is 1. The summed E-state index contributed by atoms with van der Waals surface area (Å²) in [6.07, 6.45) is 1.04. The molecule has 1 N–H and O–H groups in total. The molecule has 2 aromatic rings. The minimum Gasteiger partial charge on any atom is -0.322 e. The molecule has 0 saturated heterocycles. The molecular weight excluding hydrogens is 318 g/mol. The molecule has 1 amide bonds. The highest BCUT2D eigenvalue weighted by molar-refractivity contribution is 9.10. The third-order valence-electron chi connectivity index (χ3n) is 2.51. The number of aryl methyl sites for hydroxylation is 1. The first kappa shape index (κ1) is 13.6. The third kappa shape index (κ3) is 2.96. The zero-order valence-electron chi connectivity index (χ0n) is 9.88. The fraction of sp³-hybridized carbons (Fsp3) is 0.0769. The largest absolute Gasteiger partial charge is 0.322 e. The van der Waals surface area contributed by atoms with Gasteiger partial charge < -0.3 is 5.32 Å². The molecule has 0 atom stereocenters. The highest BCUT2D eigenvalue weighted by Gasteiger charge is 2.16. The molecule has 2 rings (SSSR count). The fourth-order valence-electron chi connectivity index (χ4n) is 1.51. The average Bonchev–Trinajstić information content (AvgIpc) is 2.37. The van der Waals surface area contributed by atoms with Crippen molar-refractivity contribution >= 4 is 27.5 Å². The maximum Gasteiger partial charge on any atom is 0.258 e. The van der Waals surface area contributed by atoms with Crippen molar-refractivity contribution in [3.8, 4) is 0 Å². The molecule has 98 valence electrons. The SMILES string of the molecule is Cc1cc(NC(=O)c2ccnc(F)c2F)ccc1Br. The van der Waals surface area contributed by atoms with Crippen molar-refractivity contribution in [1.82, 2.24) is 4.98 Å². The number of amides is 1. The number of hydrogen-bond donors (Lipinski definition) is 1. The summed E-state index contributed by atoms with van der Waals surface area (Å²) in [4.78, 5) is 15.0. The van der Waals surface area contributed by atoms with Gasteiger partial charge in [-0.1, -0.05) is 15.9 Å². The molecule has 3 nitrogen and oxygen atoms in total. The van der Waals surface area contributed by atoms with E-state index >= 15 is 0 Å². The Bertz CT molecular complexity index is 647. The summed E-state index contributed by atoms with van der Waals surface area (Å²) >= 11 is 3.33. The molecule has 0 fully saturated rings. The summed E-state index contributed by atoms with van der Waals surface area (Å²) in [6, 6.07) is 6.26. The van der Waals surface area contributed by atoms with Crippen molar-refractivity contribution in [2.75, 3.05) is 5.32 Å². The van der Waals surface area contributed by atoms with E-state index in [2.05, 4.69) is 26.2 Å². The van der Waals surface area contributed by atoms with E-state index in [-0.39, 0.29) is 5.56 Å². The van der Waals surface area contributed by atoms with Gasteiger partial charge in [-0.15, -0.1) is 0 Å². The Morgan fingerprint density at radius 1 is 1.32 bits per heavy atom. The lowest BCUT2D eigenvalue weighted by atomic mass is 10.2. The Balaban J connectivity index is 2.26. The number of anilines is 1. The zero-order valence-corrected chi connectivity index (χ0v) is 11.5. The molecule has 0 bridgehead atoms. The van der Waals surface area contributed by atoms with Crippen LogP contribution in [0.2, 0.25) is 0 Å². The van der Waals surface area contributed by atoms with Crippen molar-refractivity contribution in [1.29, 1.82) is 0 Å². The molecular formula is C13H9BrF2N2O. The molecule has 0 unspecified atom stereocenters. The molecule has 0 saturated carbocycles. The van der Waals surface area contributed by atoms with Crippen LogP contribution in [0, 0.1) is 18.7 Å². The number of rotatable bonds is 2. The normalized spacial score (nSPS) is 10.3. The minimum atomic E-state index is -1.29. The van der Waals surface area contributed by atoms with Crippen LogP contribution >= 0.6 is 15.9 Å². The van der Waals surface area contributed by atoms with E-state index in [4.69, 9.17) is 0 Å². The fourth-order valence-corrected chi connectivity index (χ4v) is 1.76. The van der Waals surface area contributed by atoms with Crippen LogP contribution in [0.4, 0.5) is 14.5 Å². The van der Waals surface area contributed by atoms with E-state index in [1.807, 2.05) is 6.92 Å². The van der Waals surface area contributed by atoms with Gasteiger partial charge in [0.05, 0.1) is 5.56 Å². The molecule has 1 heterocycles. The molecule has 19 heavy (non-hydrogen) atoms. The second-order valence-electron chi connectivity index (χ2n) is 3.88. The van der Waals surface area contributed by atoms with Crippen LogP contribution in [0.3, 0.4) is 0 Å². The van der Waals surface area contributed by atoms with E-state index in [9.17, 15) is 13.6 Å². The second-order valence-corrected chi connectivity index (χ2v) is 4.74. The van der Waals surface area contributed by atoms with Gasteiger partial charge in [0, 0.05) is 16.4 Å². The molecule has 0 aliphatic carbocycles. The molecule has 0 spiro atoms. The first-order valence-corrected chi connectivity index (χ1v) is 6.16. The quantitative estimate of drug-likeness (QED) is 0.855. The van der Waals surface area contributed by atoms with Crippen LogP contribution in [-0.2, 0) is 0 Å². The minimum absolute atomic E-state index is 0.381. The summed E-state index contributed by atoms with van der Waals surface area (Å²) in [5.41, 5.74) is 1.04. The van der Waals surface area contributed by atoms with Crippen LogP contribution in [0.15, 0.2) is 34.9 Å². The number of nitrogens with one attached hydrogen (secondary N) is 1. The lowest BCUT2D eigenvalue weighted by molar-refractivity contribution is 0.102. The molecule has 0 aliphatic heterocycles. The van der Waals surface area contributed by atoms with Gasteiger partial charge in [-0.2, -0.15) is 4.39 Å². The summed E-state index contributed by atoms with van der Waals surface area (Å²) < 4.78 is 27.2. The van der Waals surface area contributed by atoms with Crippen LogP contribution in [-0.4, -0.2) is 10.9 Å². The van der Waals surface area contributed by atoms with Crippen LogP contribution in [0.25, 0.3) is 0 Å². The molecule has 6 heteroatoms. The topological polar surface area (TPSA) is 42.0 Å². The van der Waals surface area contributed by atoms with E-state index in [0.717, 1.165) is 22.3 Å². The summed E-state index contributed by atoms with van der Waals surface area (Å²) in [6.45, 7) is 1.85. The summed E-state index contributed by atoms with van der Waals surface area (Å²) in [7, 11) is 0. The van der Waals surface area contributed by atoms with Crippen LogP contribution in [0.1, 0.15) is 15.9 Å². The number of carbonyl (C=O) groups excluding carboxylic acids is 1. The highest BCUT2D eigenvalue weighted by atomic mass is 79.9. The number of carbonyl (C=O) groups is 1. The summed E-state index contributed by atoms with van der Waals surface area (Å²) in [5.74, 6) is -3.27. The van der Waals surface area contributed by atoms with E-state index in [1.165, 1.54) is 0 Å². The zero-order chi connectivity index (χ0) is 14.0. The van der Waals surface area contributed by atoms with E-state index < -0.39 is 17.7 Å². The third-order valence-corrected chi connectivity index (χ3v) is 3.40. The second kappa shape index (κ2) is 5.44. The standard InChI is InChI=1S/C13H9BrF2N2O/c1-7-6-8(2-3-10(7)14)18-13(19)9-4-5-17-12(16)11(9)15/h2-6H,1H3,(H,18,19). The van der Waals surface area contributed by atoms with Gasteiger partial charge in [-0.3, -0.25) is 4.79 Å². The van der Waals surface area contributed by atoms with Crippen molar-refractivity contribution in [2.24, 2.45) is 0 Å². The van der Waals surface area contributed by atoms with Crippen LogP contribution < -0.4 is 5.32 Å². The molecule has 0 radical (unpaired) electrons. The Hall–Kier alpha value is -1.82. The number of halogens is 3. The Labute approximate surface area is 116 Å². The first-order chi connectivity index (χ1) is 8.99. The number of pyridine rings is 1. The Morgan fingerprint density at radius 3 is 2.74 bits per heavy atom. The molecule has 1 aromatic heterocycles. The van der Waals surface area contributed by atoms with Crippen molar-refractivity contribution in [3.63, 3.8) is 0 Å². The van der Waals surface area contributed by atoms with E-state index in [0.29, 0.717) is 5.69 Å². The van der Waals surface area contributed by atoms with Crippen molar-refractivity contribution in [3.05, 3.63) is 57.8 Å². The number of hydrogen-bond acceptors (Lipinski definition) is 2. The van der Waals surface area contributed by atoms with Gasteiger partial charge in [0.1, 0.15) is 0 Å².